The van der Waals surface area contributed by atoms with E-state index in [9.17, 15) is 9.90 Å². The molecule has 0 amide bonds. The molecule has 4 aliphatic rings. The molecule has 0 atom stereocenters. The van der Waals surface area contributed by atoms with Crippen molar-refractivity contribution >= 4 is 17.3 Å². The second-order valence-corrected chi connectivity index (χ2v) is 9.88. The van der Waals surface area contributed by atoms with E-state index in [4.69, 9.17) is 9.47 Å². The van der Waals surface area contributed by atoms with Crippen LogP contribution in [0.15, 0.2) is 29.6 Å². The fraction of sp³-hybridized carbons (Fsp3) is 0.522. The molecule has 0 aliphatic heterocycles. The molecule has 1 heterocycles. The SMILES string of the molecule is COc1ccc(OCc2scc(C(=O)O)c2C23CC4CC(CC(C4)C2)C3)cc1. The van der Waals surface area contributed by atoms with Crippen molar-refractivity contribution in [2.45, 2.75) is 50.5 Å². The lowest BCUT2D eigenvalue weighted by molar-refractivity contribution is -0.00628. The fourth-order valence-electron chi connectivity index (χ4n) is 6.48. The number of aromatic carboxylic acids is 1. The van der Waals surface area contributed by atoms with Gasteiger partial charge in [-0.15, -0.1) is 11.3 Å². The maximum atomic E-state index is 12.0. The largest absolute Gasteiger partial charge is 0.497 e. The molecule has 1 aromatic heterocycles. The monoisotopic (exact) mass is 398 g/mol. The lowest BCUT2D eigenvalue weighted by Gasteiger charge is -2.57. The van der Waals surface area contributed by atoms with Gasteiger partial charge in [0.2, 0.25) is 0 Å². The third-order valence-corrected chi connectivity index (χ3v) is 8.06. The Kier molecular flexibility index (Phi) is 4.38. The van der Waals surface area contributed by atoms with Gasteiger partial charge in [0.1, 0.15) is 18.1 Å². The van der Waals surface area contributed by atoms with E-state index in [1.54, 1.807) is 18.4 Å². The molecule has 4 aliphatic carbocycles. The zero-order chi connectivity index (χ0) is 19.3. The molecular formula is C23H26O4S. The van der Waals surface area contributed by atoms with Crippen molar-refractivity contribution in [3.8, 4) is 11.5 Å². The molecule has 0 radical (unpaired) electrons. The molecule has 4 nitrogen and oxygen atoms in total. The van der Waals surface area contributed by atoms with E-state index in [0.717, 1.165) is 59.0 Å². The van der Waals surface area contributed by atoms with E-state index in [1.807, 2.05) is 29.6 Å². The first-order valence-corrected chi connectivity index (χ1v) is 11.1. The molecule has 0 saturated heterocycles. The van der Waals surface area contributed by atoms with E-state index < -0.39 is 5.97 Å². The average molecular weight is 399 g/mol. The lowest BCUT2D eigenvalue weighted by Crippen LogP contribution is -2.49. The third kappa shape index (κ3) is 3.00. The fourth-order valence-corrected chi connectivity index (χ4v) is 7.53. The summed E-state index contributed by atoms with van der Waals surface area (Å²) in [5.41, 5.74) is 1.67. The van der Waals surface area contributed by atoms with Gasteiger partial charge in [-0.05, 0) is 91.5 Å². The molecule has 6 rings (SSSR count). The number of thiophene rings is 1. The molecule has 148 valence electrons. The highest BCUT2D eigenvalue weighted by molar-refractivity contribution is 7.10. The van der Waals surface area contributed by atoms with Gasteiger partial charge in [0, 0.05) is 10.3 Å². The summed E-state index contributed by atoms with van der Waals surface area (Å²) in [6.45, 7) is 0.432. The van der Waals surface area contributed by atoms with Crippen molar-refractivity contribution in [1.82, 2.24) is 0 Å². The van der Waals surface area contributed by atoms with E-state index in [-0.39, 0.29) is 5.41 Å². The maximum absolute atomic E-state index is 12.0. The Morgan fingerprint density at radius 3 is 2.18 bits per heavy atom. The van der Waals surface area contributed by atoms with Gasteiger partial charge < -0.3 is 14.6 Å². The summed E-state index contributed by atoms with van der Waals surface area (Å²) in [4.78, 5) is 13.1. The van der Waals surface area contributed by atoms with Gasteiger partial charge in [-0.2, -0.15) is 0 Å². The van der Waals surface area contributed by atoms with Crippen LogP contribution in [-0.4, -0.2) is 18.2 Å². The first-order chi connectivity index (χ1) is 13.6. The van der Waals surface area contributed by atoms with Gasteiger partial charge in [0.15, 0.2) is 0 Å². The van der Waals surface area contributed by atoms with Crippen LogP contribution in [0, 0.1) is 17.8 Å². The molecule has 1 N–H and O–H groups in total. The number of ether oxygens (including phenoxy) is 2. The van der Waals surface area contributed by atoms with E-state index in [1.165, 1.54) is 19.3 Å². The summed E-state index contributed by atoms with van der Waals surface area (Å²) in [6, 6.07) is 7.56. The molecule has 4 fully saturated rings. The molecule has 0 spiro atoms. The number of methoxy groups -OCH3 is 1. The first-order valence-electron chi connectivity index (χ1n) is 10.2. The minimum absolute atomic E-state index is 0.0566. The smallest absolute Gasteiger partial charge is 0.336 e. The Hall–Kier alpha value is -2.01. The highest BCUT2D eigenvalue weighted by Gasteiger charge is 2.53. The summed E-state index contributed by atoms with van der Waals surface area (Å²) < 4.78 is 11.3. The number of carboxylic acids is 1. The Balaban J connectivity index is 1.45. The summed E-state index contributed by atoms with van der Waals surface area (Å²) in [7, 11) is 1.65. The maximum Gasteiger partial charge on any atom is 0.336 e. The van der Waals surface area contributed by atoms with Crippen LogP contribution in [0.2, 0.25) is 0 Å². The predicted octanol–water partition coefficient (Wildman–Crippen LogP) is 5.50. The summed E-state index contributed by atoms with van der Waals surface area (Å²) >= 11 is 1.55. The van der Waals surface area contributed by atoms with Gasteiger partial charge >= 0.3 is 5.97 Å². The summed E-state index contributed by atoms with van der Waals surface area (Å²) in [6.07, 6.45) is 7.53. The Labute approximate surface area is 169 Å². The molecule has 2 aromatic rings. The van der Waals surface area contributed by atoms with E-state index in [0.29, 0.717) is 12.2 Å². The topological polar surface area (TPSA) is 55.8 Å². The molecule has 1 aromatic carbocycles. The zero-order valence-corrected chi connectivity index (χ0v) is 17.0. The summed E-state index contributed by atoms with van der Waals surface area (Å²) in [5, 5.41) is 11.7. The van der Waals surface area contributed by atoms with Crippen molar-refractivity contribution in [2.75, 3.05) is 7.11 Å². The van der Waals surface area contributed by atoms with Gasteiger partial charge in [0.05, 0.1) is 12.7 Å². The van der Waals surface area contributed by atoms with Gasteiger partial charge in [-0.25, -0.2) is 4.79 Å². The molecule has 4 saturated carbocycles. The molecular weight excluding hydrogens is 372 g/mol. The Morgan fingerprint density at radius 2 is 1.64 bits per heavy atom. The van der Waals surface area contributed by atoms with Crippen LogP contribution < -0.4 is 9.47 Å². The quantitative estimate of drug-likeness (QED) is 0.698. The number of hydrogen-bond donors (Lipinski definition) is 1. The minimum Gasteiger partial charge on any atom is -0.497 e. The molecule has 0 unspecified atom stereocenters. The number of hydrogen-bond acceptors (Lipinski definition) is 4. The second-order valence-electron chi connectivity index (χ2n) is 8.91. The summed E-state index contributed by atoms with van der Waals surface area (Å²) in [5.74, 6) is 3.13. The molecule has 28 heavy (non-hydrogen) atoms. The van der Waals surface area contributed by atoms with Crippen LogP contribution in [0.3, 0.4) is 0 Å². The van der Waals surface area contributed by atoms with E-state index in [2.05, 4.69) is 0 Å². The average Bonchev–Trinajstić information content (AvgIpc) is 3.11. The van der Waals surface area contributed by atoms with Crippen molar-refractivity contribution in [1.29, 1.82) is 0 Å². The van der Waals surface area contributed by atoms with Crippen LogP contribution >= 0.6 is 11.3 Å². The number of benzene rings is 1. The highest BCUT2D eigenvalue weighted by Crippen LogP contribution is 2.62. The Morgan fingerprint density at radius 1 is 1.07 bits per heavy atom. The zero-order valence-electron chi connectivity index (χ0n) is 16.1. The number of rotatable bonds is 6. The number of carboxylic acid groups (broad SMARTS) is 1. The van der Waals surface area contributed by atoms with Crippen molar-refractivity contribution in [2.24, 2.45) is 17.8 Å². The van der Waals surface area contributed by atoms with Crippen LogP contribution in [0.25, 0.3) is 0 Å². The van der Waals surface area contributed by atoms with Gasteiger partial charge in [-0.3, -0.25) is 0 Å². The van der Waals surface area contributed by atoms with Crippen LogP contribution in [0.4, 0.5) is 0 Å². The van der Waals surface area contributed by atoms with Crippen molar-refractivity contribution in [3.63, 3.8) is 0 Å². The van der Waals surface area contributed by atoms with Crippen LogP contribution in [-0.2, 0) is 12.0 Å². The van der Waals surface area contributed by atoms with Crippen molar-refractivity contribution < 1.29 is 19.4 Å². The Bertz CT molecular complexity index is 847. The predicted molar refractivity (Wildman–Crippen MR) is 108 cm³/mol. The molecule has 4 bridgehead atoms. The van der Waals surface area contributed by atoms with Gasteiger partial charge in [-0.1, -0.05) is 0 Å². The normalized spacial score (nSPS) is 30.4. The van der Waals surface area contributed by atoms with Crippen molar-refractivity contribution in [3.05, 3.63) is 45.6 Å². The number of carbonyl (C=O) groups is 1. The van der Waals surface area contributed by atoms with Crippen LogP contribution in [0.1, 0.15) is 59.3 Å². The van der Waals surface area contributed by atoms with Crippen LogP contribution in [0.5, 0.6) is 11.5 Å². The first kappa shape index (κ1) is 18.0. The lowest BCUT2D eigenvalue weighted by atomic mass is 9.47. The van der Waals surface area contributed by atoms with Gasteiger partial charge in [0.25, 0.3) is 0 Å². The van der Waals surface area contributed by atoms with E-state index >= 15 is 0 Å². The third-order valence-electron chi connectivity index (χ3n) is 7.10. The second kappa shape index (κ2) is 6.80. The minimum atomic E-state index is -0.794. The standard InChI is InChI=1S/C23H26O4S/c1-26-17-2-4-18(5-3-17)27-12-20-21(19(13-28-20)22(24)25)23-9-14-6-15(10-23)8-16(7-14)11-23/h2-5,13-16H,6-12H2,1H3,(H,24,25). The highest BCUT2D eigenvalue weighted by atomic mass is 32.1. The molecule has 5 heteroatoms.